The normalized spacial score (nSPS) is 12.0. The predicted molar refractivity (Wildman–Crippen MR) is 185 cm³/mol. The molecule has 3 heteroatoms. The van der Waals surface area contributed by atoms with Crippen LogP contribution in [0, 0.1) is 0 Å². The van der Waals surface area contributed by atoms with Gasteiger partial charge < -0.3 is 4.42 Å². The monoisotopic (exact) mass is 572 g/mol. The average Bonchev–Trinajstić information content (AvgIpc) is 3.65. The Morgan fingerprint density at radius 3 is 1.98 bits per heavy atom. The van der Waals surface area contributed by atoms with Crippen molar-refractivity contribution in [3.05, 3.63) is 146 Å². The second-order valence-corrected chi connectivity index (χ2v) is 11.7. The van der Waals surface area contributed by atoms with Crippen LogP contribution in [0.2, 0.25) is 0 Å². The van der Waals surface area contributed by atoms with E-state index in [2.05, 4.69) is 109 Å². The number of nitrogens with zero attached hydrogens (tertiary/aromatic N) is 2. The van der Waals surface area contributed by atoms with Crippen molar-refractivity contribution in [3.8, 4) is 56.0 Å². The molecule has 2 heterocycles. The molecule has 0 amide bonds. The van der Waals surface area contributed by atoms with Crippen LogP contribution in [0.15, 0.2) is 150 Å². The third kappa shape index (κ3) is 3.52. The van der Waals surface area contributed by atoms with Crippen LogP contribution in [-0.4, -0.2) is 9.97 Å². The van der Waals surface area contributed by atoms with Crippen molar-refractivity contribution in [1.82, 2.24) is 9.97 Å². The summed E-state index contributed by atoms with van der Waals surface area (Å²) in [6.07, 6.45) is 0. The van der Waals surface area contributed by atoms with Crippen molar-refractivity contribution >= 4 is 43.6 Å². The fraction of sp³-hybridized carbons (Fsp3) is 0. The molecule has 1 aliphatic carbocycles. The maximum Gasteiger partial charge on any atom is 0.180 e. The third-order valence-corrected chi connectivity index (χ3v) is 9.22. The quantitative estimate of drug-likeness (QED) is 0.211. The molecule has 0 spiro atoms. The molecule has 7 aromatic carbocycles. The van der Waals surface area contributed by atoms with Crippen molar-refractivity contribution in [2.24, 2.45) is 0 Å². The second kappa shape index (κ2) is 9.22. The van der Waals surface area contributed by atoms with E-state index in [1.165, 1.54) is 54.9 Å². The lowest BCUT2D eigenvalue weighted by Gasteiger charge is -2.16. The highest BCUT2D eigenvalue weighted by Crippen LogP contribution is 2.54. The molecule has 10 rings (SSSR count). The Morgan fingerprint density at radius 1 is 0.444 bits per heavy atom. The fourth-order valence-corrected chi connectivity index (χ4v) is 7.21. The Balaban J connectivity index is 1.31. The molecule has 1 aliphatic rings. The van der Waals surface area contributed by atoms with Crippen LogP contribution >= 0.6 is 0 Å². The van der Waals surface area contributed by atoms with E-state index in [1.54, 1.807) is 0 Å². The van der Waals surface area contributed by atoms with Crippen LogP contribution in [0.1, 0.15) is 0 Å². The zero-order chi connectivity index (χ0) is 29.5. The molecule has 3 nitrogen and oxygen atoms in total. The van der Waals surface area contributed by atoms with E-state index >= 15 is 0 Å². The van der Waals surface area contributed by atoms with E-state index in [1.807, 2.05) is 36.4 Å². The Labute approximate surface area is 259 Å². The van der Waals surface area contributed by atoms with Crippen LogP contribution in [0.3, 0.4) is 0 Å². The molecular weight excluding hydrogens is 548 g/mol. The van der Waals surface area contributed by atoms with Crippen molar-refractivity contribution in [1.29, 1.82) is 0 Å². The first-order valence-corrected chi connectivity index (χ1v) is 15.3. The maximum absolute atomic E-state index is 6.41. The zero-order valence-corrected chi connectivity index (χ0v) is 24.2. The third-order valence-electron chi connectivity index (χ3n) is 9.22. The highest BCUT2D eigenvalue weighted by molar-refractivity contribution is 6.21. The van der Waals surface area contributed by atoms with Crippen molar-refractivity contribution in [2.45, 2.75) is 0 Å². The lowest BCUT2D eigenvalue weighted by atomic mass is 9.89. The van der Waals surface area contributed by atoms with Gasteiger partial charge in [0.1, 0.15) is 16.8 Å². The minimum absolute atomic E-state index is 0.694. The summed E-state index contributed by atoms with van der Waals surface area (Å²) in [5.74, 6) is 0.694. The molecule has 0 N–H and O–H groups in total. The van der Waals surface area contributed by atoms with Crippen LogP contribution in [-0.2, 0) is 0 Å². The van der Waals surface area contributed by atoms with E-state index in [0.29, 0.717) is 11.4 Å². The molecule has 0 saturated carbocycles. The topological polar surface area (TPSA) is 38.9 Å². The summed E-state index contributed by atoms with van der Waals surface area (Å²) in [6.45, 7) is 0. The minimum Gasteiger partial charge on any atom is -0.452 e. The van der Waals surface area contributed by atoms with Gasteiger partial charge in [-0.3, -0.25) is 0 Å². The fourth-order valence-electron chi connectivity index (χ4n) is 7.21. The highest BCUT2D eigenvalue weighted by atomic mass is 16.3. The van der Waals surface area contributed by atoms with Crippen LogP contribution in [0.25, 0.3) is 99.6 Å². The summed E-state index contributed by atoms with van der Waals surface area (Å²) in [4.78, 5) is 10.5. The Morgan fingerprint density at radius 2 is 1.13 bits per heavy atom. The van der Waals surface area contributed by atoms with Gasteiger partial charge in [0.05, 0.1) is 0 Å². The van der Waals surface area contributed by atoms with Gasteiger partial charge in [-0.2, -0.15) is 0 Å². The van der Waals surface area contributed by atoms with Gasteiger partial charge >= 0.3 is 0 Å². The molecule has 0 saturated heterocycles. The average molecular weight is 573 g/mol. The number of hydrogen-bond acceptors (Lipinski definition) is 3. The van der Waals surface area contributed by atoms with E-state index in [-0.39, 0.29) is 0 Å². The number of hydrogen-bond donors (Lipinski definition) is 0. The summed E-state index contributed by atoms with van der Waals surface area (Å²) in [7, 11) is 0. The van der Waals surface area contributed by atoms with Crippen molar-refractivity contribution in [3.63, 3.8) is 0 Å². The molecule has 208 valence electrons. The number of furan rings is 1. The van der Waals surface area contributed by atoms with Crippen molar-refractivity contribution in [2.75, 3.05) is 0 Å². The first-order chi connectivity index (χ1) is 22.3. The molecule has 0 bridgehead atoms. The summed E-state index contributed by atoms with van der Waals surface area (Å²) in [5.41, 5.74) is 12.5. The smallest absolute Gasteiger partial charge is 0.180 e. The molecule has 2 aromatic heterocycles. The maximum atomic E-state index is 6.41. The molecule has 0 fully saturated rings. The molecular formula is C42H24N2O. The lowest BCUT2D eigenvalue weighted by Crippen LogP contribution is -1.97. The predicted octanol–water partition coefficient (Wildman–Crippen LogP) is 11.3. The number of fused-ring (bicyclic) bond motifs is 7. The van der Waals surface area contributed by atoms with E-state index in [4.69, 9.17) is 14.4 Å². The van der Waals surface area contributed by atoms with Gasteiger partial charge in [0, 0.05) is 22.1 Å². The second-order valence-electron chi connectivity index (χ2n) is 11.7. The standard InChI is InChI=1S/C42H24N2O/c1-2-11-27(12-3-1)39-41-40(31-16-6-7-19-35(31)45-41)44-42(43-39)34-23-22-30(29-21-20-25-10-4-5-13-28(25)24-29)37-32-17-8-14-26-15-9-18-33(36(26)32)38(34)37/h1-24H. The highest BCUT2D eigenvalue weighted by Gasteiger charge is 2.29. The van der Waals surface area contributed by atoms with Gasteiger partial charge in [0.25, 0.3) is 0 Å². The van der Waals surface area contributed by atoms with Gasteiger partial charge in [-0.1, -0.05) is 121 Å². The SMILES string of the molecule is c1ccc(-c2nc(-c3ccc(-c4ccc5ccccc5c4)c4c3-c3cccc5cccc-4c35)nc3c2oc2ccccc23)cc1. The number of rotatable bonds is 3. The van der Waals surface area contributed by atoms with Crippen LogP contribution < -0.4 is 0 Å². The summed E-state index contributed by atoms with van der Waals surface area (Å²) in [5, 5.41) is 5.97. The number of aromatic nitrogens is 2. The first kappa shape index (κ1) is 24.4. The largest absolute Gasteiger partial charge is 0.452 e. The molecule has 0 atom stereocenters. The molecule has 0 radical (unpaired) electrons. The molecule has 0 unspecified atom stereocenters. The van der Waals surface area contributed by atoms with Gasteiger partial charge in [-0.15, -0.1) is 0 Å². The van der Waals surface area contributed by atoms with Crippen LogP contribution in [0.4, 0.5) is 0 Å². The summed E-state index contributed by atoms with van der Waals surface area (Å²) >= 11 is 0. The van der Waals surface area contributed by atoms with E-state index in [0.717, 1.165) is 33.3 Å². The Bertz CT molecular complexity index is 2640. The first-order valence-electron chi connectivity index (χ1n) is 15.3. The Kier molecular flexibility index (Phi) is 5.00. The number of para-hydroxylation sites is 1. The lowest BCUT2D eigenvalue weighted by molar-refractivity contribution is 0.667. The van der Waals surface area contributed by atoms with E-state index < -0.39 is 0 Å². The van der Waals surface area contributed by atoms with Gasteiger partial charge in [-0.05, 0) is 73.6 Å². The van der Waals surface area contributed by atoms with Crippen LogP contribution in [0.5, 0.6) is 0 Å². The number of benzene rings is 7. The molecule has 9 aromatic rings. The van der Waals surface area contributed by atoms with Gasteiger partial charge in [0.2, 0.25) is 0 Å². The zero-order valence-electron chi connectivity index (χ0n) is 24.2. The summed E-state index contributed by atoms with van der Waals surface area (Å²) < 4.78 is 6.41. The van der Waals surface area contributed by atoms with E-state index in [9.17, 15) is 0 Å². The summed E-state index contributed by atoms with van der Waals surface area (Å²) in [6, 6.07) is 51.4. The Hall–Kier alpha value is -6.06. The van der Waals surface area contributed by atoms with Gasteiger partial charge in [-0.25, -0.2) is 9.97 Å². The minimum atomic E-state index is 0.694. The van der Waals surface area contributed by atoms with Gasteiger partial charge in [0.15, 0.2) is 11.4 Å². The molecule has 0 aliphatic heterocycles. The molecule has 45 heavy (non-hydrogen) atoms. The van der Waals surface area contributed by atoms with Crippen molar-refractivity contribution < 1.29 is 4.42 Å².